The van der Waals surface area contributed by atoms with E-state index in [0.29, 0.717) is 57.9 Å². The molecule has 0 bridgehead atoms. The molecule has 2 saturated heterocycles. The van der Waals surface area contributed by atoms with Crippen LogP contribution in [0.15, 0.2) is 59.5 Å². The molecule has 0 aliphatic carbocycles. The summed E-state index contributed by atoms with van der Waals surface area (Å²) in [5.41, 5.74) is 1.17. The van der Waals surface area contributed by atoms with Crippen molar-refractivity contribution in [3.05, 3.63) is 54.6 Å². The molecule has 10 heteroatoms. The first-order valence-corrected chi connectivity index (χ1v) is 12.5. The number of carbonyl (C=O) groups excluding carboxylic acids is 2. The second kappa shape index (κ2) is 10.3. The highest BCUT2D eigenvalue weighted by Crippen LogP contribution is 2.23. The molecule has 2 aliphatic heterocycles. The number of morpholine rings is 1. The molecule has 0 aromatic heterocycles. The molecular formula is C23H28N4O5S. The summed E-state index contributed by atoms with van der Waals surface area (Å²) >= 11 is 0. The summed E-state index contributed by atoms with van der Waals surface area (Å²) < 4.78 is 32.4. The van der Waals surface area contributed by atoms with E-state index >= 15 is 0 Å². The fourth-order valence-corrected chi connectivity index (χ4v) is 5.44. The monoisotopic (exact) mass is 472 g/mol. The van der Waals surface area contributed by atoms with Gasteiger partial charge in [0.15, 0.2) is 0 Å². The first kappa shape index (κ1) is 23.2. The molecule has 4 rings (SSSR count). The number of sulfonamides is 1. The second-order valence-corrected chi connectivity index (χ2v) is 10.0. The zero-order chi connectivity index (χ0) is 23.3. The molecule has 2 heterocycles. The molecule has 2 N–H and O–H groups in total. The van der Waals surface area contributed by atoms with Crippen molar-refractivity contribution in [2.45, 2.75) is 17.7 Å². The molecule has 0 saturated carbocycles. The minimum absolute atomic E-state index is 0.148. The van der Waals surface area contributed by atoms with Crippen molar-refractivity contribution < 1.29 is 22.7 Å². The number of anilines is 2. The normalized spacial score (nSPS) is 18.0. The van der Waals surface area contributed by atoms with Gasteiger partial charge in [-0.2, -0.15) is 4.31 Å². The van der Waals surface area contributed by atoms with Crippen molar-refractivity contribution in [1.29, 1.82) is 0 Å². The lowest BCUT2D eigenvalue weighted by Gasteiger charge is -2.31. The van der Waals surface area contributed by atoms with E-state index in [1.807, 2.05) is 30.3 Å². The standard InChI is InChI=1S/C23H28N4O5S/c28-22(18-9-11-26(12-10-18)23(29)25-19-5-2-1-3-6-19)24-20-7-4-8-21(17-20)33(30,31)27-13-15-32-16-14-27/h1-8,17-18H,9-16H2,(H,24,28)(H,25,29). The number of amides is 3. The van der Waals surface area contributed by atoms with Gasteiger partial charge in [0.1, 0.15) is 0 Å². The minimum Gasteiger partial charge on any atom is -0.379 e. The Labute approximate surface area is 193 Å². The molecular weight excluding hydrogens is 444 g/mol. The van der Waals surface area contributed by atoms with E-state index in [-0.39, 0.29) is 22.8 Å². The van der Waals surface area contributed by atoms with Gasteiger partial charge in [0, 0.05) is 43.5 Å². The zero-order valence-corrected chi connectivity index (χ0v) is 19.1. The molecule has 2 fully saturated rings. The lowest BCUT2D eigenvalue weighted by molar-refractivity contribution is -0.121. The van der Waals surface area contributed by atoms with Crippen molar-refractivity contribution in [1.82, 2.24) is 9.21 Å². The molecule has 0 radical (unpaired) electrons. The maximum atomic E-state index is 12.9. The predicted molar refractivity (Wildman–Crippen MR) is 124 cm³/mol. The smallest absolute Gasteiger partial charge is 0.321 e. The Morgan fingerprint density at radius 1 is 0.848 bits per heavy atom. The molecule has 0 atom stereocenters. The maximum absolute atomic E-state index is 12.9. The van der Waals surface area contributed by atoms with E-state index in [2.05, 4.69) is 10.6 Å². The summed E-state index contributed by atoms with van der Waals surface area (Å²) in [5, 5.41) is 5.71. The Hall–Kier alpha value is -2.95. The number of hydrogen-bond acceptors (Lipinski definition) is 5. The average molecular weight is 473 g/mol. The third kappa shape index (κ3) is 5.70. The fourth-order valence-electron chi connectivity index (χ4n) is 3.98. The van der Waals surface area contributed by atoms with Crippen molar-refractivity contribution in [3.8, 4) is 0 Å². The van der Waals surface area contributed by atoms with Gasteiger partial charge in [0.2, 0.25) is 15.9 Å². The number of piperidine rings is 1. The number of nitrogens with one attached hydrogen (secondary N) is 2. The average Bonchev–Trinajstić information content (AvgIpc) is 2.85. The Bertz CT molecular complexity index is 1080. The molecule has 2 aromatic rings. The molecule has 176 valence electrons. The molecule has 33 heavy (non-hydrogen) atoms. The van der Waals surface area contributed by atoms with E-state index in [1.54, 1.807) is 17.0 Å². The summed E-state index contributed by atoms with van der Waals surface area (Å²) in [7, 11) is -3.64. The van der Waals surface area contributed by atoms with Crippen LogP contribution >= 0.6 is 0 Å². The fraction of sp³-hybridized carbons (Fsp3) is 0.391. The number of rotatable bonds is 5. The van der Waals surface area contributed by atoms with Crippen LogP contribution in [-0.2, 0) is 19.6 Å². The van der Waals surface area contributed by atoms with Crippen LogP contribution in [0.1, 0.15) is 12.8 Å². The lowest BCUT2D eigenvalue weighted by Crippen LogP contribution is -2.43. The summed E-state index contributed by atoms with van der Waals surface area (Å²) in [6, 6.07) is 15.4. The van der Waals surface area contributed by atoms with Gasteiger partial charge in [0.25, 0.3) is 0 Å². The van der Waals surface area contributed by atoms with Gasteiger partial charge in [-0.1, -0.05) is 24.3 Å². The van der Waals surface area contributed by atoms with Crippen LogP contribution in [0.5, 0.6) is 0 Å². The van der Waals surface area contributed by atoms with E-state index < -0.39 is 10.0 Å². The number of hydrogen-bond donors (Lipinski definition) is 2. The van der Waals surface area contributed by atoms with Gasteiger partial charge in [-0.05, 0) is 43.2 Å². The van der Waals surface area contributed by atoms with E-state index in [1.165, 1.54) is 16.4 Å². The molecule has 0 spiro atoms. The number of likely N-dealkylation sites (tertiary alicyclic amines) is 1. The molecule has 0 unspecified atom stereocenters. The third-order valence-corrected chi connectivity index (χ3v) is 7.78. The van der Waals surface area contributed by atoms with Crippen LogP contribution < -0.4 is 10.6 Å². The summed E-state index contributed by atoms with van der Waals surface area (Å²) in [5.74, 6) is -0.413. The molecule has 2 aliphatic rings. The van der Waals surface area contributed by atoms with Crippen LogP contribution in [0.3, 0.4) is 0 Å². The van der Waals surface area contributed by atoms with Crippen LogP contribution in [0.2, 0.25) is 0 Å². The van der Waals surface area contributed by atoms with Crippen molar-refractivity contribution in [2.24, 2.45) is 5.92 Å². The summed E-state index contributed by atoms with van der Waals surface area (Å²) in [4.78, 5) is 27.1. The van der Waals surface area contributed by atoms with E-state index in [0.717, 1.165) is 5.69 Å². The van der Waals surface area contributed by atoms with Crippen LogP contribution in [-0.4, -0.2) is 69.0 Å². The van der Waals surface area contributed by atoms with Crippen molar-refractivity contribution >= 4 is 33.3 Å². The predicted octanol–water partition coefficient (Wildman–Crippen LogP) is 2.59. The highest BCUT2D eigenvalue weighted by Gasteiger charge is 2.29. The number of ether oxygens (including phenoxy) is 1. The first-order chi connectivity index (χ1) is 15.9. The summed E-state index contributed by atoms with van der Waals surface area (Å²) in [6.07, 6.45) is 1.08. The number of benzene rings is 2. The maximum Gasteiger partial charge on any atom is 0.321 e. The Balaban J connectivity index is 1.32. The SMILES string of the molecule is O=C(Nc1cccc(S(=O)(=O)N2CCOCC2)c1)C1CCN(C(=O)Nc2ccccc2)CC1. The third-order valence-electron chi connectivity index (χ3n) is 5.89. The van der Waals surface area contributed by atoms with Crippen molar-refractivity contribution in [2.75, 3.05) is 50.0 Å². The molecule has 2 aromatic carbocycles. The van der Waals surface area contributed by atoms with Gasteiger partial charge in [-0.15, -0.1) is 0 Å². The topological polar surface area (TPSA) is 108 Å². The van der Waals surface area contributed by atoms with Crippen molar-refractivity contribution in [3.63, 3.8) is 0 Å². The number of nitrogens with zero attached hydrogens (tertiary/aromatic N) is 2. The highest BCUT2D eigenvalue weighted by atomic mass is 32.2. The molecule has 3 amide bonds. The quantitative estimate of drug-likeness (QED) is 0.696. The summed E-state index contributed by atoms with van der Waals surface area (Å²) in [6.45, 7) is 2.32. The Morgan fingerprint density at radius 3 is 2.21 bits per heavy atom. The van der Waals surface area contributed by atoms with Crippen LogP contribution in [0.25, 0.3) is 0 Å². The van der Waals surface area contributed by atoms with E-state index in [9.17, 15) is 18.0 Å². The van der Waals surface area contributed by atoms with Gasteiger partial charge in [-0.25, -0.2) is 13.2 Å². The van der Waals surface area contributed by atoms with Crippen LogP contribution in [0.4, 0.5) is 16.2 Å². The Kier molecular flexibility index (Phi) is 7.26. The van der Waals surface area contributed by atoms with E-state index in [4.69, 9.17) is 4.74 Å². The Morgan fingerprint density at radius 2 is 1.52 bits per heavy atom. The number of carbonyl (C=O) groups is 2. The highest BCUT2D eigenvalue weighted by molar-refractivity contribution is 7.89. The molecule has 9 nitrogen and oxygen atoms in total. The van der Waals surface area contributed by atoms with Gasteiger partial charge in [-0.3, -0.25) is 4.79 Å². The van der Waals surface area contributed by atoms with Gasteiger partial charge in [0.05, 0.1) is 18.1 Å². The number of urea groups is 1. The lowest BCUT2D eigenvalue weighted by atomic mass is 9.96. The second-order valence-electron chi connectivity index (χ2n) is 8.09. The first-order valence-electron chi connectivity index (χ1n) is 11.0. The number of para-hydroxylation sites is 1. The van der Waals surface area contributed by atoms with Crippen LogP contribution in [0, 0.1) is 5.92 Å². The largest absolute Gasteiger partial charge is 0.379 e. The van der Waals surface area contributed by atoms with Gasteiger partial charge < -0.3 is 20.3 Å². The van der Waals surface area contributed by atoms with Gasteiger partial charge >= 0.3 is 6.03 Å². The zero-order valence-electron chi connectivity index (χ0n) is 18.3. The minimum atomic E-state index is -3.64.